The van der Waals surface area contributed by atoms with Crippen LogP contribution in [-0.4, -0.2) is 69.8 Å². The van der Waals surface area contributed by atoms with Gasteiger partial charge in [-0.15, -0.1) is 13.2 Å². The van der Waals surface area contributed by atoms with Gasteiger partial charge in [-0.3, -0.25) is 14.4 Å². The zero-order valence-electron chi connectivity index (χ0n) is 30.8. The first-order valence-electron chi connectivity index (χ1n) is 15.1. The lowest BCUT2D eigenvalue weighted by atomic mass is 10.2. The summed E-state index contributed by atoms with van der Waals surface area (Å²) in [5.41, 5.74) is -0.0216. The molecule has 0 aliphatic rings. The van der Waals surface area contributed by atoms with Crippen LogP contribution in [0.15, 0.2) is 61.8 Å². The maximum absolute atomic E-state index is 10.4. The van der Waals surface area contributed by atoms with Gasteiger partial charge in [0.2, 0.25) is 0 Å². The molecule has 46 heavy (non-hydrogen) atoms. The van der Waals surface area contributed by atoms with E-state index in [0.29, 0.717) is 25.9 Å². The van der Waals surface area contributed by atoms with Crippen LogP contribution in [0.1, 0.15) is 101 Å². The fourth-order valence-electron chi connectivity index (χ4n) is 1.90. The Morgan fingerprint density at radius 3 is 1.07 bits per heavy atom. The maximum atomic E-state index is 10.4. The first-order valence-corrected chi connectivity index (χ1v) is 15.1. The average molecular weight is 657 g/mol. The van der Waals surface area contributed by atoms with E-state index in [4.69, 9.17) is 19.1 Å². The summed E-state index contributed by atoms with van der Waals surface area (Å²) in [5.74, 6) is -0.602. The third-order valence-electron chi connectivity index (χ3n) is 4.02. The van der Waals surface area contributed by atoms with Crippen LogP contribution in [-0.2, 0) is 47.7 Å². The van der Waals surface area contributed by atoms with Crippen molar-refractivity contribution in [3.05, 3.63) is 61.8 Å². The third kappa shape index (κ3) is 83.5. The Balaban J connectivity index is -0.000000107. The Bertz CT molecular complexity index is 808. The van der Waals surface area contributed by atoms with Gasteiger partial charge < -0.3 is 23.7 Å². The summed E-state index contributed by atoms with van der Waals surface area (Å²) in [5, 5.41) is 0. The SMILES string of the molecule is C=CCC(=O)OC.C=CCOC(C)(C)C.CCC=CCC(=O)OC.CCC=CCC(=O)OC.CCC=CCOC(C)(C)C.O=C=O. The molecule has 0 rings (SSSR count). The number of hydrogen-bond acceptors (Lipinski definition) is 10. The highest BCUT2D eigenvalue weighted by Crippen LogP contribution is 2.06. The quantitative estimate of drug-likeness (QED) is 0.109. The molecule has 0 unspecified atom stereocenters. The van der Waals surface area contributed by atoms with Gasteiger partial charge in [-0.2, -0.15) is 9.59 Å². The molecule has 0 aromatic rings. The molecule has 0 radical (unpaired) electrons. The molecule has 0 saturated heterocycles. The van der Waals surface area contributed by atoms with E-state index in [1.165, 1.54) is 27.4 Å². The molecule has 0 atom stereocenters. The maximum Gasteiger partial charge on any atom is 0.373 e. The first-order chi connectivity index (χ1) is 21.5. The Labute approximate surface area is 279 Å². The predicted molar refractivity (Wildman–Crippen MR) is 185 cm³/mol. The number of allylic oxidation sites excluding steroid dienone is 3. The van der Waals surface area contributed by atoms with Gasteiger partial charge in [0.05, 0.1) is 65.0 Å². The van der Waals surface area contributed by atoms with Crippen molar-refractivity contribution in [2.24, 2.45) is 0 Å². The zero-order valence-corrected chi connectivity index (χ0v) is 30.8. The number of carbonyl (C=O) groups excluding carboxylic acids is 5. The molecule has 10 heteroatoms. The second-order valence-corrected chi connectivity index (χ2v) is 10.5. The van der Waals surface area contributed by atoms with Gasteiger partial charge in [0, 0.05) is 0 Å². The molecule has 10 nitrogen and oxygen atoms in total. The normalized spacial score (nSPS) is 10.0. The van der Waals surface area contributed by atoms with Gasteiger partial charge in [0.1, 0.15) is 0 Å². The predicted octanol–water partition coefficient (Wildman–Crippen LogP) is 7.94. The number of methoxy groups -OCH3 is 3. The summed E-state index contributed by atoms with van der Waals surface area (Å²) < 4.78 is 23.8. The van der Waals surface area contributed by atoms with Crippen molar-refractivity contribution in [1.29, 1.82) is 0 Å². The number of hydrogen-bond donors (Lipinski definition) is 0. The van der Waals surface area contributed by atoms with E-state index in [0.717, 1.165) is 25.9 Å². The second-order valence-electron chi connectivity index (χ2n) is 10.5. The first kappa shape index (κ1) is 54.9. The molecule has 0 aliphatic heterocycles. The van der Waals surface area contributed by atoms with Crippen molar-refractivity contribution in [2.75, 3.05) is 34.5 Å². The molecule has 0 aliphatic carbocycles. The van der Waals surface area contributed by atoms with Gasteiger partial charge >= 0.3 is 24.1 Å². The number of rotatable bonds is 13. The van der Waals surface area contributed by atoms with Crippen LogP contribution < -0.4 is 0 Å². The topological polar surface area (TPSA) is 132 Å². The summed E-state index contributed by atoms with van der Waals surface area (Å²) in [6.45, 7) is 26.7. The molecule has 0 heterocycles. The molecular formula is C36H64O10. The summed E-state index contributed by atoms with van der Waals surface area (Å²) in [7, 11) is 4.13. The fourth-order valence-corrected chi connectivity index (χ4v) is 1.90. The minimum Gasteiger partial charge on any atom is -0.469 e. The monoisotopic (exact) mass is 656 g/mol. The Morgan fingerprint density at radius 2 is 0.848 bits per heavy atom. The van der Waals surface area contributed by atoms with Gasteiger partial charge in [-0.1, -0.05) is 69.4 Å². The second kappa shape index (κ2) is 43.5. The van der Waals surface area contributed by atoms with Crippen LogP contribution >= 0.6 is 0 Å². The van der Waals surface area contributed by atoms with Crippen LogP contribution in [0.2, 0.25) is 0 Å². The van der Waals surface area contributed by atoms with Crippen molar-refractivity contribution < 1.29 is 47.7 Å². The van der Waals surface area contributed by atoms with Gasteiger partial charge in [-0.05, 0) is 60.8 Å². The van der Waals surface area contributed by atoms with Crippen molar-refractivity contribution in [2.45, 2.75) is 112 Å². The molecule has 0 N–H and O–H groups in total. The van der Waals surface area contributed by atoms with Crippen LogP contribution in [0.3, 0.4) is 0 Å². The molecule has 0 fully saturated rings. The standard InChI is InChI=1S/C9H18O.2C7H12O2.C7H14O.C5H8O2.CO2/c1-5-6-7-8-10-9(2,3)4;2*1-3-4-5-6-7(8)9-2;1-5-6-8-7(2,3)4;1-3-4-5(6)7-2;2-1-3/h6-7H,5,8H2,1-4H3;2*4-5H,3,6H2,1-2H3;5H,1,6H2,2-4H3;3H,1,4H2,2H3;. The molecule has 0 spiro atoms. The molecule has 0 amide bonds. The van der Waals surface area contributed by atoms with Crippen LogP contribution in [0, 0.1) is 0 Å². The van der Waals surface area contributed by atoms with Gasteiger partial charge in [-0.25, -0.2) is 0 Å². The van der Waals surface area contributed by atoms with Crippen LogP contribution in [0.25, 0.3) is 0 Å². The molecule has 0 saturated carbocycles. The lowest BCUT2D eigenvalue weighted by Crippen LogP contribution is -2.18. The number of ether oxygens (including phenoxy) is 5. The van der Waals surface area contributed by atoms with E-state index in [2.05, 4.69) is 67.2 Å². The summed E-state index contributed by atoms with van der Waals surface area (Å²) >= 11 is 0. The van der Waals surface area contributed by atoms with Crippen LogP contribution in [0.5, 0.6) is 0 Å². The third-order valence-corrected chi connectivity index (χ3v) is 4.02. The Morgan fingerprint density at radius 1 is 0.543 bits per heavy atom. The van der Waals surface area contributed by atoms with Crippen molar-refractivity contribution >= 4 is 24.1 Å². The fraction of sp³-hybridized carbons (Fsp3) is 0.611. The summed E-state index contributed by atoms with van der Waals surface area (Å²) in [6, 6.07) is 0. The highest BCUT2D eigenvalue weighted by atomic mass is 16.5. The molecule has 0 aromatic carbocycles. The molecule has 268 valence electrons. The number of carbonyl (C=O) groups is 3. The summed E-state index contributed by atoms with van der Waals surface area (Å²) in [4.78, 5) is 47.2. The zero-order chi connectivity index (χ0) is 37.3. The molecule has 0 aromatic heterocycles. The highest BCUT2D eigenvalue weighted by Gasteiger charge is 2.07. The van der Waals surface area contributed by atoms with E-state index < -0.39 is 0 Å². The summed E-state index contributed by atoms with van der Waals surface area (Å²) in [6.07, 6.45) is 19.3. The van der Waals surface area contributed by atoms with Crippen LogP contribution in [0.4, 0.5) is 0 Å². The molecular weight excluding hydrogens is 592 g/mol. The van der Waals surface area contributed by atoms with E-state index >= 15 is 0 Å². The molecule has 0 bridgehead atoms. The van der Waals surface area contributed by atoms with Gasteiger partial charge in [0.15, 0.2) is 0 Å². The van der Waals surface area contributed by atoms with Crippen molar-refractivity contribution in [3.63, 3.8) is 0 Å². The number of esters is 3. The Kier molecular flexibility index (Phi) is 51.9. The minimum absolute atomic E-state index is 0.00190. The van der Waals surface area contributed by atoms with Crippen molar-refractivity contribution in [1.82, 2.24) is 0 Å². The van der Waals surface area contributed by atoms with E-state index in [9.17, 15) is 14.4 Å². The van der Waals surface area contributed by atoms with E-state index in [1.54, 1.807) is 6.08 Å². The Hall–Kier alpha value is -3.59. The van der Waals surface area contributed by atoms with Crippen molar-refractivity contribution in [3.8, 4) is 0 Å². The lowest BCUT2D eigenvalue weighted by molar-refractivity contribution is -0.191. The highest BCUT2D eigenvalue weighted by molar-refractivity contribution is 5.71. The average Bonchev–Trinajstić information content (AvgIpc) is 2.99. The van der Waals surface area contributed by atoms with E-state index in [1.807, 2.05) is 58.9 Å². The minimum atomic E-state index is -0.241. The van der Waals surface area contributed by atoms with Gasteiger partial charge in [0.25, 0.3) is 0 Å². The lowest BCUT2D eigenvalue weighted by Gasteiger charge is -2.17. The largest absolute Gasteiger partial charge is 0.469 e. The smallest absolute Gasteiger partial charge is 0.373 e. The van der Waals surface area contributed by atoms with E-state index in [-0.39, 0.29) is 35.3 Å².